The first-order valence-corrected chi connectivity index (χ1v) is 9.19. The molecular formula is C22H22N2O4. The lowest BCUT2D eigenvalue weighted by molar-refractivity contribution is 0.0933. The molecule has 144 valence electrons. The fourth-order valence-electron chi connectivity index (χ4n) is 2.68. The minimum Gasteiger partial charge on any atom is -0.422 e. The molecule has 0 bridgehead atoms. The van der Waals surface area contributed by atoms with E-state index in [4.69, 9.17) is 4.42 Å². The van der Waals surface area contributed by atoms with Crippen LogP contribution in [-0.2, 0) is 6.54 Å². The molecule has 0 saturated carbocycles. The van der Waals surface area contributed by atoms with Crippen LogP contribution in [0.15, 0.2) is 63.8 Å². The van der Waals surface area contributed by atoms with E-state index in [0.29, 0.717) is 16.5 Å². The highest BCUT2D eigenvalue weighted by Crippen LogP contribution is 2.13. The van der Waals surface area contributed by atoms with Gasteiger partial charge >= 0.3 is 5.63 Å². The van der Waals surface area contributed by atoms with Crippen LogP contribution in [0.3, 0.4) is 0 Å². The van der Waals surface area contributed by atoms with Crippen LogP contribution in [0.2, 0.25) is 0 Å². The van der Waals surface area contributed by atoms with Gasteiger partial charge in [0.15, 0.2) is 0 Å². The average Bonchev–Trinajstić information content (AvgIpc) is 2.71. The zero-order valence-electron chi connectivity index (χ0n) is 15.8. The summed E-state index contributed by atoms with van der Waals surface area (Å²) in [4.78, 5) is 36.5. The predicted molar refractivity (Wildman–Crippen MR) is 107 cm³/mol. The Morgan fingerprint density at radius 3 is 2.46 bits per heavy atom. The number of hydrogen-bond donors (Lipinski definition) is 2. The average molecular weight is 378 g/mol. The van der Waals surface area contributed by atoms with Crippen LogP contribution >= 0.6 is 0 Å². The molecule has 2 aromatic carbocycles. The third kappa shape index (κ3) is 4.46. The lowest BCUT2D eigenvalue weighted by Crippen LogP contribution is -2.31. The predicted octanol–water partition coefficient (Wildman–Crippen LogP) is 3.25. The second-order valence-electron chi connectivity index (χ2n) is 6.65. The van der Waals surface area contributed by atoms with Crippen molar-refractivity contribution in [3.8, 4) is 0 Å². The molecule has 6 nitrogen and oxygen atoms in total. The number of hydrogen-bond acceptors (Lipinski definition) is 4. The first kappa shape index (κ1) is 19.4. The van der Waals surface area contributed by atoms with Gasteiger partial charge in [0.2, 0.25) is 0 Å². The summed E-state index contributed by atoms with van der Waals surface area (Å²) in [6.07, 6.45) is 0.860. The Morgan fingerprint density at radius 2 is 1.75 bits per heavy atom. The largest absolute Gasteiger partial charge is 0.422 e. The number of carbonyl (C=O) groups is 2. The van der Waals surface area contributed by atoms with Gasteiger partial charge in [-0.2, -0.15) is 0 Å². The molecule has 28 heavy (non-hydrogen) atoms. The van der Waals surface area contributed by atoms with E-state index in [1.165, 1.54) is 6.07 Å². The van der Waals surface area contributed by atoms with Gasteiger partial charge in [-0.15, -0.1) is 0 Å². The second kappa shape index (κ2) is 8.52. The van der Waals surface area contributed by atoms with Gasteiger partial charge in [0.25, 0.3) is 11.8 Å². The zero-order valence-corrected chi connectivity index (χ0v) is 15.8. The lowest BCUT2D eigenvalue weighted by Gasteiger charge is -2.11. The Kier molecular flexibility index (Phi) is 5.89. The van der Waals surface area contributed by atoms with E-state index >= 15 is 0 Å². The van der Waals surface area contributed by atoms with Crippen LogP contribution in [0.5, 0.6) is 0 Å². The van der Waals surface area contributed by atoms with Gasteiger partial charge in [0.05, 0.1) is 0 Å². The van der Waals surface area contributed by atoms with Crippen LogP contribution in [0, 0.1) is 0 Å². The minimum absolute atomic E-state index is 0.0387. The van der Waals surface area contributed by atoms with E-state index in [1.807, 2.05) is 19.9 Å². The van der Waals surface area contributed by atoms with Crippen molar-refractivity contribution in [2.24, 2.45) is 0 Å². The van der Waals surface area contributed by atoms with Gasteiger partial charge in [0.1, 0.15) is 11.1 Å². The van der Waals surface area contributed by atoms with Gasteiger partial charge in [-0.05, 0) is 43.2 Å². The lowest BCUT2D eigenvalue weighted by atomic mass is 10.1. The molecule has 0 saturated heterocycles. The van der Waals surface area contributed by atoms with Crippen LogP contribution in [0.4, 0.5) is 0 Å². The molecule has 0 aliphatic carbocycles. The third-order valence-corrected chi connectivity index (χ3v) is 4.55. The van der Waals surface area contributed by atoms with Gasteiger partial charge in [-0.3, -0.25) is 9.59 Å². The monoisotopic (exact) mass is 378 g/mol. The summed E-state index contributed by atoms with van der Waals surface area (Å²) in [7, 11) is 0. The normalized spacial score (nSPS) is 11.8. The smallest absolute Gasteiger partial charge is 0.349 e. The fraction of sp³-hybridized carbons (Fsp3) is 0.227. The SMILES string of the molecule is CCC(C)NC(=O)c1ccc(CNC(=O)c2cc3ccccc3oc2=O)cc1. The van der Waals surface area contributed by atoms with Gasteiger partial charge in [-0.1, -0.05) is 37.3 Å². The summed E-state index contributed by atoms with van der Waals surface area (Å²) in [5.74, 6) is -0.628. The molecule has 6 heteroatoms. The molecule has 1 aromatic heterocycles. The molecule has 3 rings (SSSR count). The maximum Gasteiger partial charge on any atom is 0.349 e. The number of para-hydroxylation sites is 1. The Balaban J connectivity index is 1.65. The number of rotatable bonds is 6. The van der Waals surface area contributed by atoms with Crippen molar-refractivity contribution in [3.63, 3.8) is 0 Å². The Bertz CT molecular complexity index is 1050. The topological polar surface area (TPSA) is 88.4 Å². The summed E-state index contributed by atoms with van der Waals surface area (Å²) >= 11 is 0. The molecule has 0 aliphatic heterocycles. The summed E-state index contributed by atoms with van der Waals surface area (Å²) in [5, 5.41) is 6.30. The number of nitrogens with one attached hydrogen (secondary N) is 2. The molecular weight excluding hydrogens is 356 g/mol. The molecule has 0 fully saturated rings. The van der Waals surface area contributed by atoms with Gasteiger partial charge in [0, 0.05) is 23.5 Å². The first-order chi connectivity index (χ1) is 13.5. The molecule has 1 unspecified atom stereocenters. The van der Waals surface area contributed by atoms with Crippen molar-refractivity contribution in [3.05, 3.63) is 81.7 Å². The molecule has 3 aromatic rings. The van der Waals surface area contributed by atoms with E-state index in [0.717, 1.165) is 12.0 Å². The van der Waals surface area contributed by atoms with E-state index in [2.05, 4.69) is 10.6 Å². The molecule has 1 atom stereocenters. The standard InChI is InChI=1S/C22H22N2O4/c1-3-14(2)24-20(25)16-10-8-15(9-11-16)13-23-21(26)18-12-17-6-4-5-7-19(17)28-22(18)27/h4-12,14H,3,13H2,1-2H3,(H,23,26)(H,24,25). The molecule has 1 heterocycles. The van der Waals surface area contributed by atoms with Crippen molar-refractivity contribution in [1.29, 1.82) is 0 Å². The van der Waals surface area contributed by atoms with Crippen LogP contribution in [0.1, 0.15) is 46.5 Å². The minimum atomic E-state index is -0.673. The highest BCUT2D eigenvalue weighted by molar-refractivity contribution is 5.96. The van der Waals surface area contributed by atoms with Crippen molar-refractivity contribution in [2.45, 2.75) is 32.9 Å². The molecule has 0 spiro atoms. The van der Waals surface area contributed by atoms with Crippen LogP contribution in [-0.4, -0.2) is 17.9 Å². The number of benzene rings is 2. The molecule has 2 amide bonds. The molecule has 0 aliphatic rings. The Labute approximate surface area is 162 Å². The maximum absolute atomic E-state index is 12.4. The van der Waals surface area contributed by atoms with Crippen LogP contribution < -0.4 is 16.3 Å². The summed E-state index contributed by atoms with van der Waals surface area (Å²) in [6.45, 7) is 4.19. The van der Waals surface area contributed by atoms with E-state index in [9.17, 15) is 14.4 Å². The van der Waals surface area contributed by atoms with Gasteiger partial charge in [-0.25, -0.2) is 4.79 Å². The second-order valence-corrected chi connectivity index (χ2v) is 6.65. The first-order valence-electron chi connectivity index (χ1n) is 9.19. The van der Waals surface area contributed by atoms with Crippen molar-refractivity contribution >= 4 is 22.8 Å². The highest BCUT2D eigenvalue weighted by Gasteiger charge is 2.14. The van der Waals surface area contributed by atoms with Crippen LogP contribution in [0.25, 0.3) is 11.0 Å². The number of fused-ring (bicyclic) bond motifs is 1. The van der Waals surface area contributed by atoms with Crippen molar-refractivity contribution in [1.82, 2.24) is 10.6 Å². The van der Waals surface area contributed by atoms with Crippen molar-refractivity contribution in [2.75, 3.05) is 0 Å². The third-order valence-electron chi connectivity index (χ3n) is 4.55. The molecule has 0 radical (unpaired) electrons. The Morgan fingerprint density at radius 1 is 1.04 bits per heavy atom. The summed E-state index contributed by atoms with van der Waals surface area (Å²) in [5.41, 5.74) is 1.11. The van der Waals surface area contributed by atoms with Crippen molar-refractivity contribution < 1.29 is 14.0 Å². The highest BCUT2D eigenvalue weighted by atomic mass is 16.4. The van der Waals surface area contributed by atoms with E-state index in [-0.39, 0.29) is 24.1 Å². The summed E-state index contributed by atoms with van der Waals surface area (Å²) in [6, 6.07) is 15.6. The quantitative estimate of drug-likeness (QED) is 0.645. The van der Waals surface area contributed by atoms with E-state index < -0.39 is 11.5 Å². The molecule has 2 N–H and O–H groups in total. The van der Waals surface area contributed by atoms with E-state index in [1.54, 1.807) is 42.5 Å². The Hall–Kier alpha value is -3.41. The summed E-state index contributed by atoms with van der Waals surface area (Å²) < 4.78 is 5.19. The van der Waals surface area contributed by atoms with Gasteiger partial charge < -0.3 is 15.1 Å². The number of carbonyl (C=O) groups excluding carboxylic acids is 2. The number of amides is 2. The maximum atomic E-state index is 12.4. The zero-order chi connectivity index (χ0) is 20.1. The fourth-order valence-corrected chi connectivity index (χ4v) is 2.68.